The fraction of sp³-hybridized carbons (Fsp3) is 0.417. The minimum Gasteiger partial charge on any atom is -0.475 e. The monoisotopic (exact) mass is 222 g/mol. The van der Waals surface area contributed by atoms with Crippen molar-refractivity contribution in [3.05, 3.63) is 29.6 Å². The van der Waals surface area contributed by atoms with Crippen molar-refractivity contribution < 1.29 is 9.13 Å². The molecular weight excluding hydrogens is 207 g/mol. The van der Waals surface area contributed by atoms with Gasteiger partial charge in [-0.2, -0.15) is 5.26 Å². The van der Waals surface area contributed by atoms with Gasteiger partial charge in [0.2, 0.25) is 0 Å². The quantitative estimate of drug-likeness (QED) is 0.829. The molecule has 86 valence electrons. The second-order valence-corrected chi connectivity index (χ2v) is 3.55. The summed E-state index contributed by atoms with van der Waals surface area (Å²) in [5, 5.41) is 8.42. The number of nitrogens with zero attached hydrogens (tertiary/aromatic N) is 1. The molecule has 1 aromatic rings. The summed E-state index contributed by atoms with van der Waals surface area (Å²) in [6.45, 7) is 1.81. The molecule has 0 aromatic heterocycles. The Kier molecular flexibility index (Phi) is 4.74. The van der Waals surface area contributed by atoms with E-state index in [1.54, 1.807) is 12.1 Å². The molecular formula is C12H15FN2O. The van der Waals surface area contributed by atoms with E-state index in [1.807, 2.05) is 13.0 Å². The zero-order valence-corrected chi connectivity index (χ0v) is 9.24. The summed E-state index contributed by atoms with van der Waals surface area (Å²) in [5.41, 5.74) is 6.52. The van der Waals surface area contributed by atoms with Crippen LogP contribution in [0.1, 0.15) is 18.9 Å². The molecule has 2 N–H and O–H groups in total. The Balaban J connectivity index is 2.89. The average molecular weight is 222 g/mol. The van der Waals surface area contributed by atoms with Gasteiger partial charge < -0.3 is 10.5 Å². The molecule has 16 heavy (non-hydrogen) atoms. The van der Waals surface area contributed by atoms with Gasteiger partial charge >= 0.3 is 0 Å². The molecule has 1 atom stereocenters. The minimum absolute atomic E-state index is 0.0220. The number of para-hydroxylation sites is 1. The highest BCUT2D eigenvalue weighted by molar-refractivity contribution is 5.35. The first-order chi connectivity index (χ1) is 7.69. The summed E-state index contributed by atoms with van der Waals surface area (Å²) in [5.74, 6) is -0.302. The summed E-state index contributed by atoms with van der Waals surface area (Å²) in [4.78, 5) is 0. The van der Waals surface area contributed by atoms with E-state index in [0.29, 0.717) is 12.0 Å². The highest BCUT2D eigenvalue weighted by Gasteiger charge is 2.12. The first kappa shape index (κ1) is 12.5. The van der Waals surface area contributed by atoms with Gasteiger partial charge in [-0.15, -0.1) is 0 Å². The number of halogens is 1. The van der Waals surface area contributed by atoms with Gasteiger partial charge in [-0.25, -0.2) is 4.39 Å². The lowest BCUT2D eigenvalue weighted by atomic mass is 10.0. The standard InChI is InChI=1S/C12H15FN2O/c1-2-10(15)8-9-4-3-5-11(13)12(9)16-7-6-14/h3-5,10H,2,7-8,15H2,1H3. The molecule has 0 fully saturated rings. The molecule has 4 heteroatoms. The third kappa shape index (κ3) is 3.21. The van der Waals surface area contributed by atoms with Crippen LogP contribution in [0.5, 0.6) is 5.75 Å². The van der Waals surface area contributed by atoms with Gasteiger partial charge in [0.25, 0.3) is 0 Å². The van der Waals surface area contributed by atoms with Gasteiger partial charge in [0.05, 0.1) is 0 Å². The zero-order chi connectivity index (χ0) is 12.0. The molecule has 0 saturated heterocycles. The molecule has 1 unspecified atom stereocenters. The van der Waals surface area contributed by atoms with Crippen molar-refractivity contribution in [2.45, 2.75) is 25.8 Å². The van der Waals surface area contributed by atoms with Crippen molar-refractivity contribution in [2.24, 2.45) is 5.73 Å². The van der Waals surface area contributed by atoms with Crippen LogP contribution in [0.4, 0.5) is 4.39 Å². The van der Waals surface area contributed by atoms with Crippen LogP contribution in [-0.2, 0) is 6.42 Å². The third-order valence-corrected chi connectivity index (χ3v) is 2.34. The topological polar surface area (TPSA) is 59.0 Å². The molecule has 1 rings (SSSR count). The molecule has 0 aliphatic heterocycles. The summed E-state index contributed by atoms with van der Waals surface area (Å²) in [6.07, 6.45) is 1.36. The van der Waals surface area contributed by atoms with E-state index in [2.05, 4.69) is 0 Å². The Hall–Kier alpha value is -1.60. The van der Waals surface area contributed by atoms with Crippen molar-refractivity contribution in [3.63, 3.8) is 0 Å². The van der Waals surface area contributed by atoms with Crippen molar-refractivity contribution in [2.75, 3.05) is 6.61 Å². The van der Waals surface area contributed by atoms with E-state index < -0.39 is 5.82 Å². The minimum atomic E-state index is -0.448. The zero-order valence-electron chi connectivity index (χ0n) is 9.24. The highest BCUT2D eigenvalue weighted by atomic mass is 19.1. The Morgan fingerprint density at radius 2 is 2.31 bits per heavy atom. The van der Waals surface area contributed by atoms with Crippen molar-refractivity contribution in [1.82, 2.24) is 0 Å². The first-order valence-corrected chi connectivity index (χ1v) is 5.21. The maximum atomic E-state index is 13.5. The molecule has 3 nitrogen and oxygen atoms in total. The summed E-state index contributed by atoms with van der Waals surface area (Å²) in [6, 6.07) is 6.50. The van der Waals surface area contributed by atoms with E-state index >= 15 is 0 Å². The summed E-state index contributed by atoms with van der Waals surface area (Å²) in [7, 11) is 0. The van der Waals surface area contributed by atoms with Crippen LogP contribution < -0.4 is 10.5 Å². The van der Waals surface area contributed by atoms with E-state index in [1.165, 1.54) is 6.07 Å². The Morgan fingerprint density at radius 3 is 2.94 bits per heavy atom. The van der Waals surface area contributed by atoms with E-state index in [4.69, 9.17) is 15.7 Å². The lowest BCUT2D eigenvalue weighted by Crippen LogP contribution is -2.22. The van der Waals surface area contributed by atoms with Crippen LogP contribution >= 0.6 is 0 Å². The van der Waals surface area contributed by atoms with Crippen LogP contribution in [0.3, 0.4) is 0 Å². The Morgan fingerprint density at radius 1 is 1.56 bits per heavy atom. The number of ether oxygens (including phenoxy) is 1. The first-order valence-electron chi connectivity index (χ1n) is 5.21. The molecule has 0 heterocycles. The molecule has 0 spiro atoms. The maximum Gasteiger partial charge on any atom is 0.174 e. The Labute approximate surface area is 94.6 Å². The molecule has 0 amide bonds. The summed E-state index contributed by atoms with van der Waals surface area (Å²) < 4.78 is 18.5. The van der Waals surface area contributed by atoms with Crippen molar-refractivity contribution in [3.8, 4) is 11.8 Å². The number of nitriles is 1. The smallest absolute Gasteiger partial charge is 0.174 e. The molecule has 1 aromatic carbocycles. The number of nitrogens with two attached hydrogens (primary N) is 1. The predicted molar refractivity (Wildman–Crippen MR) is 59.5 cm³/mol. The predicted octanol–water partition coefficient (Wildman–Crippen LogP) is 2.01. The molecule has 0 radical (unpaired) electrons. The normalized spacial score (nSPS) is 11.9. The van der Waals surface area contributed by atoms with Crippen LogP contribution in [-0.4, -0.2) is 12.6 Å². The van der Waals surface area contributed by atoms with Crippen LogP contribution in [0.25, 0.3) is 0 Å². The Bertz CT molecular complexity index is 387. The largest absolute Gasteiger partial charge is 0.475 e. The van der Waals surface area contributed by atoms with Crippen LogP contribution in [0.2, 0.25) is 0 Å². The van der Waals surface area contributed by atoms with Crippen molar-refractivity contribution >= 4 is 0 Å². The highest BCUT2D eigenvalue weighted by Crippen LogP contribution is 2.24. The van der Waals surface area contributed by atoms with Gasteiger partial charge in [0.1, 0.15) is 6.07 Å². The number of hydrogen-bond acceptors (Lipinski definition) is 3. The lowest BCUT2D eigenvalue weighted by Gasteiger charge is -2.13. The van der Waals surface area contributed by atoms with Gasteiger partial charge in [0.15, 0.2) is 18.2 Å². The van der Waals surface area contributed by atoms with Gasteiger partial charge in [-0.1, -0.05) is 19.1 Å². The lowest BCUT2D eigenvalue weighted by molar-refractivity contribution is 0.341. The molecule has 0 aliphatic carbocycles. The fourth-order valence-electron chi connectivity index (χ4n) is 1.41. The maximum absolute atomic E-state index is 13.5. The fourth-order valence-corrected chi connectivity index (χ4v) is 1.41. The second kappa shape index (κ2) is 6.09. The van der Waals surface area contributed by atoms with E-state index in [9.17, 15) is 4.39 Å². The van der Waals surface area contributed by atoms with Crippen LogP contribution in [0.15, 0.2) is 18.2 Å². The van der Waals surface area contributed by atoms with Crippen molar-refractivity contribution in [1.29, 1.82) is 5.26 Å². The molecule has 0 saturated carbocycles. The van der Waals surface area contributed by atoms with Gasteiger partial charge in [-0.3, -0.25) is 0 Å². The molecule has 0 aliphatic rings. The average Bonchev–Trinajstić information content (AvgIpc) is 2.28. The third-order valence-electron chi connectivity index (χ3n) is 2.34. The van der Waals surface area contributed by atoms with Gasteiger partial charge in [-0.05, 0) is 24.5 Å². The number of benzene rings is 1. The van der Waals surface area contributed by atoms with Gasteiger partial charge in [0, 0.05) is 6.04 Å². The van der Waals surface area contributed by atoms with Crippen LogP contribution in [0, 0.1) is 17.1 Å². The SMILES string of the molecule is CCC(N)Cc1cccc(F)c1OCC#N. The van der Waals surface area contributed by atoms with E-state index in [0.717, 1.165) is 6.42 Å². The summed E-state index contributed by atoms with van der Waals surface area (Å²) >= 11 is 0. The second-order valence-electron chi connectivity index (χ2n) is 3.55. The van der Waals surface area contributed by atoms with E-state index in [-0.39, 0.29) is 18.4 Å². The molecule has 0 bridgehead atoms. The number of rotatable bonds is 5. The number of hydrogen-bond donors (Lipinski definition) is 1.